The van der Waals surface area contributed by atoms with E-state index in [1.54, 1.807) is 6.07 Å². The molecule has 0 bridgehead atoms. The third-order valence-electron chi connectivity index (χ3n) is 5.15. The van der Waals surface area contributed by atoms with Gasteiger partial charge in [0.2, 0.25) is 0 Å². The van der Waals surface area contributed by atoms with Crippen LogP contribution in [0.2, 0.25) is 0 Å². The van der Waals surface area contributed by atoms with Gasteiger partial charge in [-0.25, -0.2) is 4.68 Å². The summed E-state index contributed by atoms with van der Waals surface area (Å²) in [6.45, 7) is 2.79. The molecule has 4 aromatic rings. The predicted molar refractivity (Wildman–Crippen MR) is 116 cm³/mol. The Morgan fingerprint density at radius 3 is 2.34 bits per heavy atom. The number of aryl methyl sites for hydroxylation is 1. The van der Waals surface area contributed by atoms with Crippen LogP contribution in [0.3, 0.4) is 0 Å². The highest BCUT2D eigenvalue weighted by molar-refractivity contribution is 5.41. The number of para-hydroxylation sites is 2. The SMILES string of the molecule is Cc1ccc(C(c2ccccc2O)N(C)Cc2cnn(-c3ccccc3)c2)cc1. The van der Waals surface area contributed by atoms with E-state index < -0.39 is 0 Å². The number of benzene rings is 3. The summed E-state index contributed by atoms with van der Waals surface area (Å²) in [5.74, 6) is 0.310. The molecule has 1 unspecified atom stereocenters. The van der Waals surface area contributed by atoms with Gasteiger partial charge in [0.05, 0.1) is 17.9 Å². The van der Waals surface area contributed by atoms with Crippen LogP contribution in [-0.4, -0.2) is 26.8 Å². The van der Waals surface area contributed by atoms with E-state index in [1.807, 2.05) is 59.4 Å². The minimum absolute atomic E-state index is 0.0584. The molecule has 0 saturated carbocycles. The average molecular weight is 383 g/mol. The number of rotatable bonds is 6. The van der Waals surface area contributed by atoms with Crippen LogP contribution in [0.15, 0.2) is 91.3 Å². The number of hydrogen-bond acceptors (Lipinski definition) is 3. The first kappa shape index (κ1) is 19.0. The number of phenols is 1. The predicted octanol–water partition coefficient (Wildman–Crippen LogP) is 5.11. The van der Waals surface area contributed by atoms with Crippen LogP contribution >= 0.6 is 0 Å². The van der Waals surface area contributed by atoms with Crippen molar-refractivity contribution in [2.45, 2.75) is 19.5 Å². The summed E-state index contributed by atoms with van der Waals surface area (Å²) in [4.78, 5) is 2.24. The smallest absolute Gasteiger partial charge is 0.120 e. The number of aromatic nitrogens is 2. The van der Waals surface area contributed by atoms with Crippen molar-refractivity contribution < 1.29 is 5.11 Å². The minimum Gasteiger partial charge on any atom is -0.508 e. The molecule has 1 N–H and O–H groups in total. The number of hydrogen-bond donors (Lipinski definition) is 1. The summed E-state index contributed by atoms with van der Waals surface area (Å²) in [5, 5.41) is 15.0. The second kappa shape index (κ2) is 8.33. The summed E-state index contributed by atoms with van der Waals surface area (Å²) in [7, 11) is 2.08. The van der Waals surface area contributed by atoms with Gasteiger partial charge in [-0.1, -0.05) is 66.2 Å². The van der Waals surface area contributed by atoms with E-state index in [1.165, 1.54) is 5.56 Å². The molecule has 1 heterocycles. The topological polar surface area (TPSA) is 41.3 Å². The van der Waals surface area contributed by atoms with Crippen molar-refractivity contribution in [2.75, 3.05) is 7.05 Å². The monoisotopic (exact) mass is 383 g/mol. The van der Waals surface area contributed by atoms with Gasteiger partial charge in [-0.15, -0.1) is 0 Å². The van der Waals surface area contributed by atoms with Crippen LogP contribution in [0.1, 0.15) is 28.3 Å². The fourth-order valence-corrected chi connectivity index (χ4v) is 3.68. The highest BCUT2D eigenvalue weighted by Gasteiger charge is 2.22. The van der Waals surface area contributed by atoms with Gasteiger partial charge in [0, 0.05) is 23.9 Å². The molecule has 4 rings (SSSR count). The Morgan fingerprint density at radius 2 is 1.62 bits per heavy atom. The van der Waals surface area contributed by atoms with E-state index in [0.717, 1.165) is 22.4 Å². The van der Waals surface area contributed by atoms with Crippen molar-refractivity contribution in [3.05, 3.63) is 114 Å². The molecular formula is C25H25N3O. The molecular weight excluding hydrogens is 358 g/mol. The largest absolute Gasteiger partial charge is 0.508 e. The Labute approximate surface area is 171 Å². The molecule has 3 aromatic carbocycles. The van der Waals surface area contributed by atoms with E-state index in [-0.39, 0.29) is 6.04 Å². The fourth-order valence-electron chi connectivity index (χ4n) is 3.68. The van der Waals surface area contributed by atoms with E-state index >= 15 is 0 Å². The lowest BCUT2D eigenvalue weighted by Gasteiger charge is -2.29. The van der Waals surface area contributed by atoms with Gasteiger partial charge in [-0.2, -0.15) is 5.10 Å². The highest BCUT2D eigenvalue weighted by Crippen LogP contribution is 2.34. The lowest BCUT2D eigenvalue weighted by atomic mass is 9.95. The third kappa shape index (κ3) is 4.23. The standard InChI is InChI=1S/C25H25N3O/c1-19-12-14-21(15-13-19)25(23-10-6-7-11-24(23)29)27(2)17-20-16-26-28(18-20)22-8-4-3-5-9-22/h3-16,18,25,29H,17H2,1-2H3. The maximum Gasteiger partial charge on any atom is 0.120 e. The van der Waals surface area contributed by atoms with Crippen LogP contribution in [-0.2, 0) is 6.54 Å². The Bertz CT molecular complexity index is 1070. The molecule has 0 amide bonds. The Morgan fingerprint density at radius 1 is 0.931 bits per heavy atom. The molecule has 0 radical (unpaired) electrons. The van der Waals surface area contributed by atoms with Crippen LogP contribution in [0.25, 0.3) is 5.69 Å². The van der Waals surface area contributed by atoms with Crippen molar-refractivity contribution in [2.24, 2.45) is 0 Å². The number of aromatic hydroxyl groups is 1. The third-order valence-corrected chi connectivity index (χ3v) is 5.15. The van der Waals surface area contributed by atoms with Gasteiger partial charge in [0.15, 0.2) is 0 Å². The molecule has 0 aliphatic rings. The van der Waals surface area contributed by atoms with Gasteiger partial charge < -0.3 is 5.11 Å². The second-order valence-electron chi connectivity index (χ2n) is 7.42. The first-order valence-corrected chi connectivity index (χ1v) is 9.75. The second-order valence-corrected chi connectivity index (χ2v) is 7.42. The van der Waals surface area contributed by atoms with Crippen molar-refractivity contribution in [1.29, 1.82) is 0 Å². The minimum atomic E-state index is -0.0584. The van der Waals surface area contributed by atoms with E-state index in [4.69, 9.17) is 0 Å². The van der Waals surface area contributed by atoms with Crippen LogP contribution in [0.4, 0.5) is 0 Å². The number of nitrogens with zero attached hydrogens (tertiary/aromatic N) is 3. The molecule has 4 heteroatoms. The van der Waals surface area contributed by atoms with Gasteiger partial charge in [0.1, 0.15) is 5.75 Å². The lowest BCUT2D eigenvalue weighted by molar-refractivity contribution is 0.265. The van der Waals surface area contributed by atoms with Crippen LogP contribution in [0.5, 0.6) is 5.75 Å². The molecule has 0 aliphatic carbocycles. The maximum atomic E-state index is 10.5. The number of phenolic OH excluding ortho intramolecular Hbond substituents is 1. The first-order valence-electron chi connectivity index (χ1n) is 9.75. The maximum absolute atomic E-state index is 10.5. The molecule has 29 heavy (non-hydrogen) atoms. The van der Waals surface area contributed by atoms with E-state index in [2.05, 4.69) is 54.4 Å². The summed E-state index contributed by atoms with van der Waals surface area (Å²) in [6.07, 6.45) is 3.96. The summed E-state index contributed by atoms with van der Waals surface area (Å²) in [5.41, 5.74) is 5.42. The van der Waals surface area contributed by atoms with Gasteiger partial charge in [-0.05, 0) is 37.7 Å². The average Bonchev–Trinajstić information content (AvgIpc) is 3.20. The lowest BCUT2D eigenvalue weighted by Crippen LogP contribution is -2.25. The quantitative estimate of drug-likeness (QED) is 0.503. The molecule has 0 spiro atoms. The fraction of sp³-hybridized carbons (Fsp3) is 0.160. The molecule has 0 saturated heterocycles. The first-order chi connectivity index (χ1) is 14.1. The van der Waals surface area contributed by atoms with Crippen molar-refractivity contribution in [3.8, 4) is 11.4 Å². The van der Waals surface area contributed by atoms with E-state index in [9.17, 15) is 5.11 Å². The molecule has 1 aromatic heterocycles. The van der Waals surface area contributed by atoms with E-state index in [0.29, 0.717) is 12.3 Å². The zero-order chi connectivity index (χ0) is 20.2. The molecule has 0 fully saturated rings. The molecule has 4 nitrogen and oxygen atoms in total. The van der Waals surface area contributed by atoms with Crippen LogP contribution in [0, 0.1) is 6.92 Å². The molecule has 0 aliphatic heterocycles. The highest BCUT2D eigenvalue weighted by atomic mass is 16.3. The van der Waals surface area contributed by atoms with Gasteiger partial charge >= 0.3 is 0 Å². The Kier molecular flexibility index (Phi) is 5.45. The van der Waals surface area contributed by atoms with Crippen LogP contribution < -0.4 is 0 Å². The summed E-state index contributed by atoms with van der Waals surface area (Å²) < 4.78 is 1.89. The Balaban J connectivity index is 1.64. The zero-order valence-corrected chi connectivity index (χ0v) is 16.7. The van der Waals surface area contributed by atoms with Crippen molar-refractivity contribution >= 4 is 0 Å². The zero-order valence-electron chi connectivity index (χ0n) is 16.7. The van der Waals surface area contributed by atoms with Gasteiger partial charge in [0.25, 0.3) is 0 Å². The summed E-state index contributed by atoms with van der Waals surface area (Å²) in [6, 6.07) is 26.1. The molecule has 146 valence electrons. The molecule has 1 atom stereocenters. The summed E-state index contributed by atoms with van der Waals surface area (Å²) >= 11 is 0. The van der Waals surface area contributed by atoms with Crippen molar-refractivity contribution in [1.82, 2.24) is 14.7 Å². The van der Waals surface area contributed by atoms with Crippen molar-refractivity contribution in [3.63, 3.8) is 0 Å². The Hall–Kier alpha value is -3.37. The normalized spacial score (nSPS) is 12.2. The van der Waals surface area contributed by atoms with Gasteiger partial charge in [-0.3, -0.25) is 4.90 Å².